The Morgan fingerprint density at radius 1 is 1.47 bits per heavy atom. The lowest BCUT2D eigenvalue weighted by Crippen LogP contribution is -2.43. The van der Waals surface area contributed by atoms with E-state index >= 15 is 0 Å². The second kappa shape index (κ2) is 9.62. The molecule has 0 saturated carbocycles. The summed E-state index contributed by atoms with van der Waals surface area (Å²) in [5.41, 5.74) is 14.0. The number of primary amides is 1. The van der Waals surface area contributed by atoms with Gasteiger partial charge >= 0.3 is 0 Å². The summed E-state index contributed by atoms with van der Waals surface area (Å²) in [6.07, 6.45) is 2.36. The predicted molar refractivity (Wildman–Crippen MR) is 118 cm³/mol. The average Bonchev–Trinajstić information content (AvgIpc) is 2.76. The Bertz CT molecular complexity index is 1010. The van der Waals surface area contributed by atoms with Crippen LogP contribution in [0.1, 0.15) is 41.7 Å². The maximum Gasteiger partial charge on any atom is 0.235 e. The molecule has 2 heterocycles. The van der Waals surface area contributed by atoms with Gasteiger partial charge in [0, 0.05) is 19.1 Å². The summed E-state index contributed by atoms with van der Waals surface area (Å²) >= 11 is 1.16. The van der Waals surface area contributed by atoms with Gasteiger partial charge in [0.2, 0.25) is 11.6 Å². The lowest BCUT2D eigenvalue weighted by atomic mass is 10.0. The number of piperidine rings is 1. The van der Waals surface area contributed by atoms with Crippen LogP contribution >= 0.6 is 11.8 Å². The van der Waals surface area contributed by atoms with Crippen molar-refractivity contribution < 1.29 is 4.79 Å². The zero-order valence-electron chi connectivity index (χ0n) is 16.8. The number of benzene rings is 1. The number of nitrogens with two attached hydrogens (primary N) is 2. The second-order valence-corrected chi connectivity index (χ2v) is 8.27. The highest BCUT2D eigenvalue weighted by Gasteiger charge is 2.28. The SMILES string of the molecule is [C-]#[N+]c1c(N2CCC[C@H](N)C2)nc(SC(C(N)=O)c2ccccc2)c(C#N)c1CC. The largest absolute Gasteiger partial charge is 0.368 e. The molecule has 4 N–H and O–H groups in total. The van der Waals surface area contributed by atoms with Gasteiger partial charge in [-0.05, 0) is 30.4 Å². The van der Waals surface area contributed by atoms with E-state index in [0.717, 1.165) is 36.7 Å². The smallest absolute Gasteiger partial charge is 0.235 e. The van der Waals surface area contributed by atoms with Crippen LogP contribution in [-0.2, 0) is 11.2 Å². The third-order valence-corrected chi connectivity index (χ3v) is 6.40. The topological polar surface area (TPSA) is 113 Å². The van der Waals surface area contributed by atoms with E-state index in [0.29, 0.717) is 40.6 Å². The van der Waals surface area contributed by atoms with Crippen LogP contribution in [0.15, 0.2) is 35.4 Å². The molecule has 0 radical (unpaired) electrons. The molecule has 7 nitrogen and oxygen atoms in total. The minimum absolute atomic E-state index is 0.0126. The summed E-state index contributed by atoms with van der Waals surface area (Å²) in [6, 6.07) is 11.4. The number of carbonyl (C=O) groups excluding carboxylic acids is 1. The molecule has 1 aliphatic rings. The zero-order valence-corrected chi connectivity index (χ0v) is 17.7. The summed E-state index contributed by atoms with van der Waals surface area (Å²) in [5, 5.41) is 9.59. The maximum atomic E-state index is 12.2. The molecule has 8 heteroatoms. The van der Waals surface area contributed by atoms with Gasteiger partial charge in [-0.2, -0.15) is 5.26 Å². The summed E-state index contributed by atoms with van der Waals surface area (Å²) in [5.74, 6) is 0.0283. The summed E-state index contributed by atoms with van der Waals surface area (Å²) in [7, 11) is 0. The molecular formula is C22H24N6OS. The number of rotatable bonds is 6. The molecule has 30 heavy (non-hydrogen) atoms. The molecule has 1 aliphatic heterocycles. The molecule has 2 aromatic rings. The monoisotopic (exact) mass is 420 g/mol. The van der Waals surface area contributed by atoms with Crippen LogP contribution in [0.4, 0.5) is 11.5 Å². The van der Waals surface area contributed by atoms with E-state index in [1.54, 1.807) is 0 Å². The molecule has 0 bridgehead atoms. The first-order valence-corrected chi connectivity index (χ1v) is 10.7. The molecule has 1 saturated heterocycles. The normalized spacial score (nSPS) is 17.1. The van der Waals surface area contributed by atoms with Gasteiger partial charge in [-0.3, -0.25) is 4.79 Å². The van der Waals surface area contributed by atoms with Crippen LogP contribution in [0.3, 0.4) is 0 Å². The summed E-state index contributed by atoms with van der Waals surface area (Å²) < 4.78 is 0. The molecule has 1 amide bonds. The Morgan fingerprint density at radius 3 is 2.77 bits per heavy atom. The fourth-order valence-corrected chi connectivity index (χ4v) is 4.76. The van der Waals surface area contributed by atoms with Crippen molar-refractivity contribution in [2.45, 2.75) is 42.5 Å². The summed E-state index contributed by atoms with van der Waals surface area (Å²) in [4.78, 5) is 22.7. The number of nitriles is 1. The van der Waals surface area contributed by atoms with Gasteiger partial charge in [0.05, 0.1) is 12.1 Å². The lowest BCUT2D eigenvalue weighted by Gasteiger charge is -2.33. The van der Waals surface area contributed by atoms with Gasteiger partial charge < -0.3 is 16.4 Å². The minimum atomic E-state index is -0.689. The third kappa shape index (κ3) is 4.40. The molecule has 1 unspecified atom stereocenters. The van der Waals surface area contributed by atoms with Crippen LogP contribution in [0.2, 0.25) is 0 Å². The van der Waals surface area contributed by atoms with E-state index in [-0.39, 0.29) is 6.04 Å². The molecule has 1 aromatic carbocycles. The first kappa shape index (κ1) is 21.6. The van der Waals surface area contributed by atoms with Gasteiger partial charge in [-0.1, -0.05) is 49.0 Å². The molecule has 3 rings (SSSR count). The number of pyridine rings is 1. The third-order valence-electron chi connectivity index (χ3n) is 5.15. The van der Waals surface area contributed by atoms with Crippen LogP contribution in [0.25, 0.3) is 4.85 Å². The number of anilines is 1. The number of hydrogen-bond donors (Lipinski definition) is 2. The van der Waals surface area contributed by atoms with Crippen LogP contribution in [0.5, 0.6) is 0 Å². The minimum Gasteiger partial charge on any atom is -0.368 e. The number of nitrogens with zero attached hydrogens (tertiary/aromatic N) is 4. The van der Waals surface area contributed by atoms with E-state index in [4.69, 9.17) is 23.0 Å². The molecule has 0 spiro atoms. The van der Waals surface area contributed by atoms with E-state index < -0.39 is 11.2 Å². The standard InChI is InChI=1S/C22H24N6OS/c1-3-16-17(12-23)22(30-19(20(25)29)14-8-5-4-6-9-14)27-21(18(16)26-2)28-11-7-10-15(24)13-28/h4-6,8-9,15,19H,3,7,10-11,13,24H2,1H3,(H2,25,29)/t15-,19?/m0/s1. The zero-order chi connectivity index (χ0) is 21.7. The second-order valence-electron chi connectivity index (χ2n) is 7.18. The van der Waals surface area contributed by atoms with E-state index in [1.165, 1.54) is 0 Å². The number of amides is 1. The molecule has 1 fully saturated rings. The Hall–Kier alpha value is -3.07. The number of aromatic nitrogens is 1. The van der Waals surface area contributed by atoms with Gasteiger partial charge in [0.25, 0.3) is 0 Å². The van der Waals surface area contributed by atoms with Gasteiger partial charge in [-0.25, -0.2) is 9.83 Å². The van der Waals surface area contributed by atoms with Crippen LogP contribution < -0.4 is 16.4 Å². The predicted octanol–water partition coefficient (Wildman–Crippen LogP) is 3.31. The highest BCUT2D eigenvalue weighted by molar-refractivity contribution is 8.00. The first-order chi connectivity index (χ1) is 14.5. The van der Waals surface area contributed by atoms with Crippen molar-refractivity contribution in [1.82, 2.24) is 4.98 Å². The fourth-order valence-electron chi connectivity index (χ4n) is 3.70. The first-order valence-electron chi connectivity index (χ1n) is 9.86. The van der Waals surface area contributed by atoms with Gasteiger partial charge in [0.15, 0.2) is 0 Å². The Kier molecular flexibility index (Phi) is 6.94. The van der Waals surface area contributed by atoms with E-state index in [1.807, 2.05) is 42.2 Å². The quantitative estimate of drug-likeness (QED) is 0.547. The lowest BCUT2D eigenvalue weighted by molar-refractivity contribution is -0.117. The van der Waals surface area contributed by atoms with Gasteiger partial charge in [0.1, 0.15) is 22.2 Å². The fraction of sp³-hybridized carbons (Fsp3) is 0.364. The van der Waals surface area contributed by atoms with Crippen molar-refractivity contribution >= 4 is 29.2 Å². The van der Waals surface area contributed by atoms with Crippen molar-refractivity contribution in [3.8, 4) is 6.07 Å². The van der Waals surface area contributed by atoms with Crippen molar-refractivity contribution in [3.05, 3.63) is 58.4 Å². The number of hydrogen-bond acceptors (Lipinski definition) is 6. The molecular weight excluding hydrogens is 396 g/mol. The van der Waals surface area contributed by atoms with E-state index in [2.05, 4.69) is 10.9 Å². The molecule has 1 aromatic heterocycles. The Balaban J connectivity index is 2.13. The molecule has 2 atom stereocenters. The average molecular weight is 421 g/mol. The van der Waals surface area contributed by atoms with Crippen molar-refractivity contribution in [3.63, 3.8) is 0 Å². The van der Waals surface area contributed by atoms with Crippen LogP contribution in [0, 0.1) is 17.9 Å². The van der Waals surface area contributed by atoms with Crippen molar-refractivity contribution in [2.75, 3.05) is 18.0 Å². The Morgan fingerprint density at radius 2 is 2.20 bits per heavy atom. The van der Waals surface area contributed by atoms with Crippen LogP contribution in [-0.4, -0.2) is 30.0 Å². The summed E-state index contributed by atoms with van der Waals surface area (Å²) in [6.45, 7) is 11.0. The van der Waals surface area contributed by atoms with Gasteiger partial charge in [-0.15, -0.1) is 0 Å². The number of carbonyl (C=O) groups is 1. The van der Waals surface area contributed by atoms with Crippen molar-refractivity contribution in [1.29, 1.82) is 5.26 Å². The van der Waals surface area contributed by atoms with E-state index in [9.17, 15) is 10.1 Å². The highest BCUT2D eigenvalue weighted by atomic mass is 32.2. The van der Waals surface area contributed by atoms with Crippen molar-refractivity contribution in [2.24, 2.45) is 11.5 Å². The maximum absolute atomic E-state index is 12.2. The number of thioether (sulfide) groups is 1. The molecule has 154 valence electrons. The Labute approximate surface area is 180 Å². The highest BCUT2D eigenvalue weighted by Crippen LogP contribution is 2.42. The molecule has 0 aliphatic carbocycles.